The maximum atomic E-state index is 11.5. The fraction of sp³-hybridized carbons (Fsp3) is 1.00. The molecule has 0 aromatic rings. The van der Waals surface area contributed by atoms with Gasteiger partial charge in [0.05, 0.1) is 5.75 Å². The first-order valence-electron chi connectivity index (χ1n) is 5.74. The molecule has 0 fully saturated rings. The van der Waals surface area contributed by atoms with Gasteiger partial charge in [-0.1, -0.05) is 27.7 Å². The zero-order valence-corrected chi connectivity index (χ0v) is 11.3. The Kier molecular flexibility index (Phi) is 6.44. The molecule has 0 aliphatic heterocycles. The monoisotopic (exact) mass is 235 g/mol. The number of nitrogens with one attached hydrogen (secondary N) is 1. The van der Waals surface area contributed by atoms with Crippen LogP contribution in [0.25, 0.3) is 0 Å². The van der Waals surface area contributed by atoms with Gasteiger partial charge in [0.15, 0.2) is 0 Å². The minimum Gasteiger partial charge on any atom is -0.316 e. The van der Waals surface area contributed by atoms with Crippen LogP contribution in [0.5, 0.6) is 0 Å². The first-order valence-corrected chi connectivity index (χ1v) is 7.56. The molecule has 0 saturated carbocycles. The third-order valence-corrected chi connectivity index (χ3v) is 4.31. The minimum atomic E-state index is -2.82. The van der Waals surface area contributed by atoms with Crippen LogP contribution < -0.4 is 5.32 Å². The van der Waals surface area contributed by atoms with Gasteiger partial charge in [-0.3, -0.25) is 0 Å². The molecule has 15 heavy (non-hydrogen) atoms. The van der Waals surface area contributed by atoms with E-state index in [1.807, 2.05) is 6.92 Å². The van der Waals surface area contributed by atoms with Crippen molar-refractivity contribution in [2.24, 2.45) is 5.41 Å². The molecule has 3 nitrogen and oxygen atoms in total. The van der Waals surface area contributed by atoms with Crippen molar-refractivity contribution in [3.8, 4) is 0 Å². The van der Waals surface area contributed by atoms with Gasteiger partial charge in [0.1, 0.15) is 9.84 Å². The molecule has 0 bridgehead atoms. The highest BCUT2D eigenvalue weighted by Gasteiger charge is 2.20. The van der Waals surface area contributed by atoms with Gasteiger partial charge in [0.2, 0.25) is 0 Å². The van der Waals surface area contributed by atoms with Crippen LogP contribution in [0.3, 0.4) is 0 Å². The summed E-state index contributed by atoms with van der Waals surface area (Å²) in [6.07, 6.45) is 1.46. The summed E-state index contributed by atoms with van der Waals surface area (Å²) < 4.78 is 23.1. The van der Waals surface area contributed by atoms with E-state index in [4.69, 9.17) is 0 Å². The zero-order valence-electron chi connectivity index (χ0n) is 10.5. The standard InChI is InChI=1S/C11H25NO2S/c1-5-8-15(13,14)9-7-11(3,4)10-12-6-2/h12H,5-10H2,1-4H3. The molecule has 0 aromatic heterocycles. The van der Waals surface area contributed by atoms with Crippen molar-refractivity contribution in [2.75, 3.05) is 24.6 Å². The van der Waals surface area contributed by atoms with Gasteiger partial charge < -0.3 is 5.32 Å². The Hall–Kier alpha value is -0.0900. The first-order chi connectivity index (χ1) is 6.83. The van der Waals surface area contributed by atoms with E-state index >= 15 is 0 Å². The van der Waals surface area contributed by atoms with Crippen molar-refractivity contribution >= 4 is 9.84 Å². The second kappa shape index (κ2) is 6.48. The lowest BCUT2D eigenvalue weighted by atomic mass is 9.90. The zero-order chi connectivity index (χ0) is 11.9. The molecule has 0 unspecified atom stereocenters. The maximum Gasteiger partial charge on any atom is 0.150 e. The maximum absolute atomic E-state index is 11.5. The number of rotatable bonds is 8. The average molecular weight is 235 g/mol. The predicted molar refractivity (Wildman–Crippen MR) is 65.9 cm³/mol. The molecule has 0 aliphatic carbocycles. The van der Waals surface area contributed by atoms with Crippen molar-refractivity contribution in [1.29, 1.82) is 0 Å². The van der Waals surface area contributed by atoms with Crippen molar-refractivity contribution in [3.63, 3.8) is 0 Å². The second-order valence-electron chi connectivity index (χ2n) is 4.85. The summed E-state index contributed by atoms with van der Waals surface area (Å²) in [5.74, 6) is 0.642. The molecule has 92 valence electrons. The Labute approximate surface area is 94.6 Å². The molecule has 0 amide bonds. The molecule has 0 aliphatic rings. The van der Waals surface area contributed by atoms with Crippen LogP contribution in [0.15, 0.2) is 0 Å². The summed E-state index contributed by atoms with van der Waals surface area (Å²) in [6, 6.07) is 0. The Balaban J connectivity index is 4.02. The molecule has 0 atom stereocenters. The van der Waals surface area contributed by atoms with Gasteiger partial charge in [0.25, 0.3) is 0 Å². The van der Waals surface area contributed by atoms with Crippen LogP contribution in [-0.2, 0) is 9.84 Å². The Morgan fingerprint density at radius 2 is 1.73 bits per heavy atom. The number of sulfone groups is 1. The van der Waals surface area contributed by atoms with E-state index in [1.54, 1.807) is 0 Å². The van der Waals surface area contributed by atoms with Crippen molar-refractivity contribution in [2.45, 2.75) is 40.5 Å². The largest absolute Gasteiger partial charge is 0.316 e. The van der Waals surface area contributed by atoms with Crippen molar-refractivity contribution in [1.82, 2.24) is 5.32 Å². The van der Waals surface area contributed by atoms with E-state index in [1.165, 1.54) is 0 Å². The molecule has 0 aromatic carbocycles. The summed E-state index contributed by atoms with van der Waals surface area (Å²) in [5, 5.41) is 3.26. The van der Waals surface area contributed by atoms with E-state index in [-0.39, 0.29) is 5.41 Å². The Morgan fingerprint density at radius 1 is 1.13 bits per heavy atom. The number of hydrogen-bond acceptors (Lipinski definition) is 3. The molecule has 0 spiro atoms. The van der Waals surface area contributed by atoms with Crippen LogP contribution in [0.4, 0.5) is 0 Å². The molecule has 0 rings (SSSR count). The third-order valence-electron chi connectivity index (χ3n) is 2.46. The van der Waals surface area contributed by atoms with Crippen molar-refractivity contribution < 1.29 is 8.42 Å². The first kappa shape index (κ1) is 14.9. The molecular formula is C11H25NO2S. The molecule has 0 radical (unpaired) electrons. The lowest BCUT2D eigenvalue weighted by Crippen LogP contribution is -2.31. The molecule has 4 heteroatoms. The van der Waals surface area contributed by atoms with Crippen LogP contribution in [0, 0.1) is 5.41 Å². The van der Waals surface area contributed by atoms with E-state index in [2.05, 4.69) is 26.1 Å². The fourth-order valence-electron chi connectivity index (χ4n) is 1.40. The smallest absolute Gasteiger partial charge is 0.150 e. The summed E-state index contributed by atoms with van der Waals surface area (Å²) >= 11 is 0. The highest BCUT2D eigenvalue weighted by Crippen LogP contribution is 2.20. The average Bonchev–Trinajstić information content (AvgIpc) is 2.12. The van der Waals surface area contributed by atoms with E-state index in [9.17, 15) is 8.42 Å². The van der Waals surface area contributed by atoms with Crippen molar-refractivity contribution in [3.05, 3.63) is 0 Å². The third kappa shape index (κ3) is 7.79. The topological polar surface area (TPSA) is 46.2 Å². The van der Waals surface area contributed by atoms with Gasteiger partial charge in [-0.15, -0.1) is 0 Å². The van der Waals surface area contributed by atoms with Gasteiger partial charge in [-0.05, 0) is 24.8 Å². The van der Waals surface area contributed by atoms with Crippen LogP contribution in [0.1, 0.15) is 40.5 Å². The van der Waals surface area contributed by atoms with Crippen LogP contribution in [0.2, 0.25) is 0 Å². The van der Waals surface area contributed by atoms with E-state index in [0.717, 1.165) is 25.9 Å². The summed E-state index contributed by atoms with van der Waals surface area (Å²) in [7, 11) is -2.82. The second-order valence-corrected chi connectivity index (χ2v) is 7.15. The lowest BCUT2D eigenvalue weighted by Gasteiger charge is -2.24. The quantitative estimate of drug-likeness (QED) is 0.698. The molecule has 0 heterocycles. The predicted octanol–water partition coefficient (Wildman–Crippen LogP) is 1.84. The van der Waals surface area contributed by atoms with Crippen LogP contribution >= 0.6 is 0 Å². The summed E-state index contributed by atoms with van der Waals surface area (Å²) in [4.78, 5) is 0. The minimum absolute atomic E-state index is 0.0663. The normalized spacial score (nSPS) is 13.1. The molecular weight excluding hydrogens is 210 g/mol. The van der Waals surface area contributed by atoms with Gasteiger partial charge in [-0.25, -0.2) is 8.42 Å². The highest BCUT2D eigenvalue weighted by atomic mass is 32.2. The van der Waals surface area contributed by atoms with Gasteiger partial charge >= 0.3 is 0 Å². The molecule has 1 N–H and O–H groups in total. The Morgan fingerprint density at radius 3 is 2.20 bits per heavy atom. The van der Waals surface area contributed by atoms with Gasteiger partial charge in [-0.2, -0.15) is 0 Å². The SMILES string of the molecule is CCCS(=O)(=O)CCC(C)(C)CNCC. The number of hydrogen-bond donors (Lipinski definition) is 1. The molecule has 0 saturated heterocycles. The van der Waals surface area contributed by atoms with Crippen LogP contribution in [-0.4, -0.2) is 33.0 Å². The Bertz CT molecular complexity index is 258. The van der Waals surface area contributed by atoms with E-state index < -0.39 is 9.84 Å². The van der Waals surface area contributed by atoms with Gasteiger partial charge in [0, 0.05) is 12.3 Å². The summed E-state index contributed by atoms with van der Waals surface area (Å²) in [5.41, 5.74) is 0.0663. The summed E-state index contributed by atoms with van der Waals surface area (Å²) in [6.45, 7) is 10.00. The van der Waals surface area contributed by atoms with E-state index in [0.29, 0.717) is 11.5 Å². The fourth-order valence-corrected chi connectivity index (χ4v) is 3.09. The highest BCUT2D eigenvalue weighted by molar-refractivity contribution is 7.91. The lowest BCUT2D eigenvalue weighted by molar-refractivity contribution is 0.332.